The summed E-state index contributed by atoms with van der Waals surface area (Å²) in [6.07, 6.45) is 2.86. The van der Waals surface area contributed by atoms with Gasteiger partial charge in [0.2, 0.25) is 0 Å². The molecule has 0 aliphatic heterocycles. The first-order valence-electron chi connectivity index (χ1n) is 6.55. The van der Waals surface area contributed by atoms with E-state index < -0.39 is 0 Å². The molecule has 1 heterocycles. The summed E-state index contributed by atoms with van der Waals surface area (Å²) in [6, 6.07) is 7.79. The van der Waals surface area contributed by atoms with Crippen LogP contribution in [0.2, 0.25) is 5.02 Å². The lowest BCUT2D eigenvalue weighted by Gasteiger charge is -2.14. The number of hydrogen-bond acceptors (Lipinski definition) is 3. The average molecular weight is 307 g/mol. The Morgan fingerprint density at radius 1 is 1.25 bits per heavy atom. The van der Waals surface area contributed by atoms with Crippen LogP contribution in [0.15, 0.2) is 39.2 Å². The van der Waals surface area contributed by atoms with Crippen molar-refractivity contribution >= 4 is 29.1 Å². The largest absolute Gasteiger partial charge is 0.411 e. The number of aromatic amines is 1. The number of H-pyrrole nitrogens is 1. The number of aromatic nitrogens is 1. The number of rotatable bonds is 2. The van der Waals surface area contributed by atoms with E-state index in [1.165, 1.54) is 5.69 Å². The van der Waals surface area contributed by atoms with Gasteiger partial charge < -0.3 is 10.2 Å². The highest BCUT2D eigenvalue weighted by Gasteiger charge is 2.24. The van der Waals surface area contributed by atoms with Gasteiger partial charge in [0.15, 0.2) is 0 Å². The minimum atomic E-state index is 0.736. The zero-order valence-electron chi connectivity index (χ0n) is 11.1. The Morgan fingerprint density at radius 2 is 2.00 bits per heavy atom. The van der Waals surface area contributed by atoms with Crippen molar-refractivity contribution in [3.05, 3.63) is 46.2 Å². The number of nitrogens with one attached hydrogen (secondary N) is 1. The third kappa shape index (κ3) is 2.45. The van der Waals surface area contributed by atoms with Crippen LogP contribution in [-0.4, -0.2) is 15.9 Å². The molecule has 0 bridgehead atoms. The van der Waals surface area contributed by atoms with Crippen LogP contribution >= 0.6 is 23.4 Å². The van der Waals surface area contributed by atoms with E-state index in [0.717, 1.165) is 51.0 Å². The van der Waals surface area contributed by atoms with Gasteiger partial charge >= 0.3 is 0 Å². The van der Waals surface area contributed by atoms with E-state index in [0.29, 0.717) is 0 Å². The van der Waals surface area contributed by atoms with Gasteiger partial charge in [0, 0.05) is 31.8 Å². The van der Waals surface area contributed by atoms with Crippen LogP contribution in [0.1, 0.15) is 29.8 Å². The molecule has 1 aliphatic rings. The molecule has 2 N–H and O–H groups in total. The topological polar surface area (TPSA) is 48.4 Å². The van der Waals surface area contributed by atoms with Gasteiger partial charge in [-0.2, -0.15) is 0 Å². The van der Waals surface area contributed by atoms with Gasteiger partial charge in [-0.25, -0.2) is 0 Å². The molecule has 5 heteroatoms. The zero-order chi connectivity index (χ0) is 14.1. The van der Waals surface area contributed by atoms with Crippen molar-refractivity contribution in [1.82, 2.24) is 4.98 Å². The third-order valence-corrected chi connectivity index (χ3v) is 4.97. The second kappa shape index (κ2) is 5.54. The van der Waals surface area contributed by atoms with E-state index in [9.17, 15) is 5.21 Å². The molecule has 0 fully saturated rings. The van der Waals surface area contributed by atoms with Crippen molar-refractivity contribution in [2.75, 3.05) is 0 Å². The molecule has 104 valence electrons. The molecule has 1 aliphatic carbocycles. The summed E-state index contributed by atoms with van der Waals surface area (Å²) in [7, 11) is 0. The highest BCUT2D eigenvalue weighted by molar-refractivity contribution is 7.99. The van der Waals surface area contributed by atoms with E-state index in [4.69, 9.17) is 11.6 Å². The van der Waals surface area contributed by atoms with Gasteiger partial charge in [0.1, 0.15) is 0 Å². The Balaban J connectivity index is 2.01. The predicted molar refractivity (Wildman–Crippen MR) is 82.4 cm³/mol. The standard InChI is InChI=1S/C15H15ClN2OS/c1-9-15(20-11-7-5-10(16)6-8-11)14-12(17-9)3-2-4-13(14)18-19/h5-8,17,19H,2-4H2,1H3/b18-13-. The fourth-order valence-corrected chi connectivity index (χ4v) is 3.75. The predicted octanol–water partition coefficient (Wildman–Crippen LogP) is 4.64. The molecule has 0 unspecified atom stereocenters. The number of oxime groups is 1. The first kappa shape index (κ1) is 13.6. The quantitative estimate of drug-likeness (QED) is 0.627. The number of nitrogens with zero attached hydrogens (tertiary/aromatic N) is 1. The molecule has 3 nitrogen and oxygen atoms in total. The molecule has 3 rings (SSSR count). The summed E-state index contributed by atoms with van der Waals surface area (Å²) in [5, 5.41) is 13.4. The maximum absolute atomic E-state index is 9.22. The van der Waals surface area contributed by atoms with Gasteiger partial charge in [0.05, 0.1) is 5.71 Å². The molecule has 1 aromatic carbocycles. The molecule has 0 saturated heterocycles. The van der Waals surface area contributed by atoms with E-state index in [2.05, 4.69) is 17.1 Å². The maximum Gasteiger partial charge on any atom is 0.0897 e. The second-order valence-corrected chi connectivity index (χ2v) is 6.41. The number of fused-ring (bicyclic) bond motifs is 1. The SMILES string of the molecule is Cc1[nH]c2c(c1Sc1ccc(Cl)cc1)/C(=N\O)CCC2. The number of benzene rings is 1. The molecule has 0 spiro atoms. The molecule has 0 radical (unpaired) electrons. The molecular weight excluding hydrogens is 292 g/mol. The summed E-state index contributed by atoms with van der Waals surface area (Å²) in [6.45, 7) is 2.06. The highest BCUT2D eigenvalue weighted by atomic mass is 35.5. The van der Waals surface area contributed by atoms with Crippen molar-refractivity contribution in [3.63, 3.8) is 0 Å². The van der Waals surface area contributed by atoms with E-state index >= 15 is 0 Å². The summed E-state index contributed by atoms with van der Waals surface area (Å²) in [4.78, 5) is 5.70. The fourth-order valence-electron chi connectivity index (χ4n) is 2.57. The number of halogens is 1. The molecule has 1 aromatic heterocycles. The van der Waals surface area contributed by atoms with Gasteiger partial charge in [-0.15, -0.1) is 0 Å². The van der Waals surface area contributed by atoms with Crippen LogP contribution < -0.4 is 0 Å². The molecule has 0 amide bonds. The zero-order valence-corrected chi connectivity index (χ0v) is 12.7. The van der Waals surface area contributed by atoms with E-state index in [-0.39, 0.29) is 0 Å². The summed E-state index contributed by atoms with van der Waals surface area (Å²) < 4.78 is 0. The number of hydrogen-bond donors (Lipinski definition) is 2. The van der Waals surface area contributed by atoms with E-state index in [1.54, 1.807) is 11.8 Å². The van der Waals surface area contributed by atoms with Crippen molar-refractivity contribution in [2.45, 2.75) is 36.0 Å². The number of aryl methyl sites for hydroxylation is 2. The van der Waals surface area contributed by atoms with Gasteiger partial charge in [0.25, 0.3) is 0 Å². The minimum Gasteiger partial charge on any atom is -0.411 e. The first-order chi connectivity index (χ1) is 9.69. The van der Waals surface area contributed by atoms with Crippen LogP contribution in [0.5, 0.6) is 0 Å². The van der Waals surface area contributed by atoms with Crippen LogP contribution in [-0.2, 0) is 6.42 Å². The van der Waals surface area contributed by atoms with Crippen LogP contribution in [0.3, 0.4) is 0 Å². The lowest BCUT2D eigenvalue weighted by atomic mass is 9.96. The normalized spacial score (nSPS) is 16.4. The van der Waals surface area contributed by atoms with Gasteiger partial charge in [-0.05, 0) is 50.5 Å². The van der Waals surface area contributed by atoms with Crippen LogP contribution in [0.4, 0.5) is 0 Å². The van der Waals surface area contributed by atoms with Crippen molar-refractivity contribution < 1.29 is 5.21 Å². The molecule has 0 atom stereocenters. The van der Waals surface area contributed by atoms with Crippen LogP contribution in [0, 0.1) is 6.92 Å². The smallest absolute Gasteiger partial charge is 0.0897 e. The summed E-state index contributed by atoms with van der Waals surface area (Å²) in [5.41, 5.74) is 4.17. The Bertz CT molecular complexity index is 661. The molecule has 2 aromatic rings. The lowest BCUT2D eigenvalue weighted by Crippen LogP contribution is -2.11. The fraction of sp³-hybridized carbons (Fsp3) is 0.267. The Kier molecular flexibility index (Phi) is 3.76. The van der Waals surface area contributed by atoms with Gasteiger partial charge in [-0.3, -0.25) is 0 Å². The van der Waals surface area contributed by atoms with Gasteiger partial charge in [-0.1, -0.05) is 28.5 Å². The molecule has 0 saturated carbocycles. The summed E-state index contributed by atoms with van der Waals surface area (Å²) in [5.74, 6) is 0. The van der Waals surface area contributed by atoms with Crippen molar-refractivity contribution in [2.24, 2.45) is 5.16 Å². The Hall–Kier alpha value is -1.39. The Labute approximate surface area is 127 Å². The van der Waals surface area contributed by atoms with E-state index in [1.807, 2.05) is 24.3 Å². The summed E-state index contributed by atoms with van der Waals surface area (Å²) >= 11 is 7.60. The molecular formula is C15H15ClN2OS. The minimum absolute atomic E-state index is 0.736. The molecule has 20 heavy (non-hydrogen) atoms. The second-order valence-electron chi connectivity index (χ2n) is 4.89. The lowest BCUT2D eigenvalue weighted by molar-refractivity contribution is 0.317. The average Bonchev–Trinajstić information content (AvgIpc) is 2.77. The van der Waals surface area contributed by atoms with Crippen molar-refractivity contribution in [3.8, 4) is 0 Å². The Morgan fingerprint density at radius 3 is 2.70 bits per heavy atom. The monoisotopic (exact) mass is 306 g/mol. The van der Waals surface area contributed by atoms with Crippen molar-refractivity contribution in [1.29, 1.82) is 0 Å². The van der Waals surface area contributed by atoms with Crippen LogP contribution in [0.25, 0.3) is 0 Å². The third-order valence-electron chi connectivity index (χ3n) is 3.49. The highest BCUT2D eigenvalue weighted by Crippen LogP contribution is 2.38. The maximum atomic E-state index is 9.22. The first-order valence-corrected chi connectivity index (χ1v) is 7.74.